The number of nitrogens with zero attached hydrogens (tertiary/aromatic N) is 1. The zero-order chi connectivity index (χ0) is 16.5. The molecule has 8 heteroatoms. The smallest absolute Gasteiger partial charge is 0.201 e. The van der Waals surface area contributed by atoms with Gasteiger partial charge in [-0.3, -0.25) is 0 Å². The predicted molar refractivity (Wildman–Crippen MR) is 78.8 cm³/mol. The number of benzene rings is 2. The molecule has 0 saturated heterocycles. The molecule has 8 nitrogen and oxygen atoms in total. The SMILES string of the molecule is Cc1c(O)c(O)c2c3c(O)c(O)c(O)c(C)c3n(O)c2c1N. The van der Waals surface area contributed by atoms with Crippen LogP contribution in [0, 0.1) is 13.8 Å². The molecule has 0 unspecified atom stereocenters. The summed E-state index contributed by atoms with van der Waals surface area (Å²) in [6.07, 6.45) is 0. The Kier molecular flexibility index (Phi) is 2.47. The van der Waals surface area contributed by atoms with Crippen molar-refractivity contribution in [1.29, 1.82) is 0 Å². The second-order valence-corrected chi connectivity index (χ2v) is 5.17. The first-order valence-electron chi connectivity index (χ1n) is 6.30. The van der Waals surface area contributed by atoms with E-state index >= 15 is 0 Å². The van der Waals surface area contributed by atoms with Gasteiger partial charge < -0.3 is 36.5 Å². The average molecular weight is 306 g/mol. The standard InChI is InChI=1S/C14H14N2O6/c1-3-7(15)9-6(12(19)10(3)17)5-8(16(9)22)4(2)11(18)14(21)13(5)20/h17-22H,15H2,1-2H3. The molecule has 8 N–H and O–H groups in total. The third kappa shape index (κ3) is 1.31. The molecule has 0 aliphatic carbocycles. The molecule has 2 aromatic carbocycles. The van der Waals surface area contributed by atoms with E-state index in [9.17, 15) is 30.7 Å². The summed E-state index contributed by atoms with van der Waals surface area (Å²) in [7, 11) is 0. The highest BCUT2D eigenvalue weighted by Gasteiger charge is 2.28. The van der Waals surface area contributed by atoms with Gasteiger partial charge in [0, 0.05) is 11.1 Å². The van der Waals surface area contributed by atoms with Crippen LogP contribution in [0.2, 0.25) is 0 Å². The lowest BCUT2D eigenvalue weighted by Gasteiger charge is -2.08. The summed E-state index contributed by atoms with van der Waals surface area (Å²) in [5.74, 6) is -3.24. The minimum Gasteiger partial charge on any atom is -0.504 e. The van der Waals surface area contributed by atoms with Crippen molar-refractivity contribution in [3.63, 3.8) is 0 Å². The summed E-state index contributed by atoms with van der Waals surface area (Å²) in [4.78, 5) is 0. The molecule has 116 valence electrons. The second kappa shape index (κ2) is 3.94. The zero-order valence-corrected chi connectivity index (χ0v) is 11.7. The van der Waals surface area contributed by atoms with E-state index in [-0.39, 0.29) is 38.6 Å². The summed E-state index contributed by atoms with van der Waals surface area (Å²) in [5.41, 5.74) is 5.98. The number of aromatic nitrogens is 1. The predicted octanol–water partition coefficient (Wildman–Crippen LogP) is 1.76. The van der Waals surface area contributed by atoms with E-state index in [1.807, 2.05) is 0 Å². The van der Waals surface area contributed by atoms with Gasteiger partial charge in [-0.25, -0.2) is 0 Å². The minimum absolute atomic E-state index is 0.0122. The lowest BCUT2D eigenvalue weighted by molar-refractivity contribution is 0.212. The lowest BCUT2D eigenvalue weighted by atomic mass is 10.0. The maximum Gasteiger partial charge on any atom is 0.201 e. The number of hydrogen-bond donors (Lipinski definition) is 7. The van der Waals surface area contributed by atoms with Gasteiger partial charge in [-0.1, -0.05) is 0 Å². The molecule has 1 aromatic heterocycles. The molecule has 0 fully saturated rings. The fraction of sp³-hybridized carbons (Fsp3) is 0.143. The van der Waals surface area contributed by atoms with E-state index in [1.54, 1.807) is 0 Å². The minimum atomic E-state index is -0.796. The molecule has 0 bridgehead atoms. The Labute approximate surface area is 123 Å². The molecule has 0 saturated carbocycles. The number of phenolic OH excluding ortho intramolecular Hbond substituents is 5. The number of hydrogen-bond acceptors (Lipinski definition) is 7. The number of nitrogens with two attached hydrogens (primary N) is 1. The largest absolute Gasteiger partial charge is 0.504 e. The number of fused-ring (bicyclic) bond motifs is 3. The highest BCUT2D eigenvalue weighted by atomic mass is 16.5. The number of nitrogen functional groups attached to an aromatic ring is 1. The normalized spacial score (nSPS) is 11.5. The van der Waals surface area contributed by atoms with E-state index in [2.05, 4.69) is 0 Å². The summed E-state index contributed by atoms with van der Waals surface area (Å²) in [5, 5.41) is 59.8. The van der Waals surface area contributed by atoms with Crippen molar-refractivity contribution in [2.45, 2.75) is 13.8 Å². The van der Waals surface area contributed by atoms with Crippen molar-refractivity contribution in [3.8, 4) is 28.7 Å². The third-order valence-electron chi connectivity index (χ3n) is 4.02. The van der Waals surface area contributed by atoms with Crippen molar-refractivity contribution in [2.24, 2.45) is 0 Å². The monoisotopic (exact) mass is 306 g/mol. The van der Waals surface area contributed by atoms with Crippen molar-refractivity contribution >= 4 is 27.5 Å². The highest BCUT2D eigenvalue weighted by molar-refractivity contribution is 6.19. The number of anilines is 1. The van der Waals surface area contributed by atoms with E-state index in [0.717, 1.165) is 0 Å². The topological polar surface area (TPSA) is 152 Å². The van der Waals surface area contributed by atoms with Crippen LogP contribution in [-0.4, -0.2) is 35.5 Å². The summed E-state index contributed by atoms with van der Waals surface area (Å²) >= 11 is 0. The van der Waals surface area contributed by atoms with Crippen LogP contribution in [0.1, 0.15) is 11.1 Å². The van der Waals surface area contributed by atoms with E-state index in [1.165, 1.54) is 13.8 Å². The van der Waals surface area contributed by atoms with Crippen LogP contribution in [0.15, 0.2) is 0 Å². The number of phenols is 5. The van der Waals surface area contributed by atoms with Crippen molar-refractivity contribution in [3.05, 3.63) is 11.1 Å². The first kappa shape index (κ1) is 13.8. The van der Waals surface area contributed by atoms with Crippen LogP contribution >= 0.6 is 0 Å². The molecule has 0 aliphatic heterocycles. The number of rotatable bonds is 0. The molecule has 1 heterocycles. The first-order chi connectivity index (χ1) is 10.2. The van der Waals surface area contributed by atoms with E-state index in [0.29, 0.717) is 4.73 Å². The van der Waals surface area contributed by atoms with Crippen molar-refractivity contribution < 1.29 is 30.7 Å². The highest BCUT2D eigenvalue weighted by Crippen LogP contribution is 2.53. The van der Waals surface area contributed by atoms with E-state index < -0.39 is 28.7 Å². The van der Waals surface area contributed by atoms with E-state index in [4.69, 9.17) is 5.73 Å². The Bertz CT molecular complexity index is 896. The van der Waals surface area contributed by atoms with Gasteiger partial charge in [-0.2, -0.15) is 4.73 Å². The van der Waals surface area contributed by atoms with Crippen LogP contribution in [0.4, 0.5) is 5.69 Å². The molecule has 3 rings (SSSR count). The number of aryl methyl sites for hydroxylation is 1. The molecular formula is C14H14N2O6. The zero-order valence-electron chi connectivity index (χ0n) is 11.7. The quantitative estimate of drug-likeness (QED) is 0.144. The van der Waals surface area contributed by atoms with Gasteiger partial charge in [0.15, 0.2) is 23.0 Å². The molecule has 0 radical (unpaired) electrons. The molecular weight excluding hydrogens is 292 g/mol. The summed E-state index contributed by atoms with van der Waals surface area (Å²) < 4.78 is 0.598. The van der Waals surface area contributed by atoms with Crippen LogP contribution < -0.4 is 5.73 Å². The van der Waals surface area contributed by atoms with Gasteiger partial charge >= 0.3 is 0 Å². The lowest BCUT2D eigenvalue weighted by Crippen LogP contribution is -1.98. The molecule has 0 spiro atoms. The molecule has 3 aromatic rings. The fourth-order valence-corrected chi connectivity index (χ4v) is 2.74. The molecule has 0 amide bonds. The van der Waals surface area contributed by atoms with Crippen molar-refractivity contribution in [1.82, 2.24) is 4.73 Å². The van der Waals surface area contributed by atoms with Crippen LogP contribution in [0.5, 0.6) is 28.7 Å². The maximum absolute atomic E-state index is 10.3. The van der Waals surface area contributed by atoms with Crippen molar-refractivity contribution in [2.75, 3.05) is 5.73 Å². The van der Waals surface area contributed by atoms with Gasteiger partial charge in [0.05, 0.1) is 22.0 Å². The summed E-state index contributed by atoms with van der Waals surface area (Å²) in [6.45, 7) is 2.85. The first-order valence-corrected chi connectivity index (χ1v) is 6.30. The van der Waals surface area contributed by atoms with Gasteiger partial charge in [-0.05, 0) is 13.8 Å². The Balaban J connectivity index is 2.81. The average Bonchev–Trinajstić information content (AvgIpc) is 2.80. The van der Waals surface area contributed by atoms with Gasteiger partial charge in [0.1, 0.15) is 5.52 Å². The molecule has 0 aliphatic rings. The van der Waals surface area contributed by atoms with Crippen LogP contribution in [0.25, 0.3) is 21.8 Å². The Morgan fingerprint density at radius 3 is 1.73 bits per heavy atom. The third-order valence-corrected chi connectivity index (χ3v) is 4.02. The van der Waals surface area contributed by atoms with Crippen LogP contribution in [-0.2, 0) is 0 Å². The number of aromatic hydroxyl groups is 5. The molecule has 22 heavy (non-hydrogen) atoms. The van der Waals surface area contributed by atoms with Gasteiger partial charge in [-0.15, -0.1) is 0 Å². The Morgan fingerprint density at radius 2 is 1.14 bits per heavy atom. The van der Waals surface area contributed by atoms with Crippen LogP contribution in [0.3, 0.4) is 0 Å². The molecule has 0 atom stereocenters. The second-order valence-electron chi connectivity index (χ2n) is 5.17. The van der Waals surface area contributed by atoms with Gasteiger partial charge in [0.25, 0.3) is 0 Å². The Morgan fingerprint density at radius 1 is 0.682 bits per heavy atom. The fourth-order valence-electron chi connectivity index (χ4n) is 2.74. The summed E-state index contributed by atoms with van der Waals surface area (Å²) in [6, 6.07) is 0. The van der Waals surface area contributed by atoms with Gasteiger partial charge in [0.2, 0.25) is 5.75 Å². The maximum atomic E-state index is 10.3. The Hall–Kier alpha value is -3.16.